The SMILES string of the molecule is CC1(CC(=O)CC(=O)O)CC(C)(CC(=O)CC(=O)O)C1(C)C. The van der Waals surface area contributed by atoms with Crippen LogP contribution in [-0.2, 0) is 19.2 Å². The van der Waals surface area contributed by atoms with Crippen molar-refractivity contribution in [3.63, 3.8) is 0 Å². The van der Waals surface area contributed by atoms with E-state index in [1.807, 2.05) is 27.7 Å². The van der Waals surface area contributed by atoms with Crippen molar-refractivity contribution in [2.75, 3.05) is 0 Å². The number of aliphatic carboxylic acids is 2. The number of carbonyl (C=O) groups excluding carboxylic acids is 2. The van der Waals surface area contributed by atoms with Crippen LogP contribution in [0.15, 0.2) is 0 Å². The molecular weight excluding hydrogens is 288 g/mol. The van der Waals surface area contributed by atoms with Crippen molar-refractivity contribution in [3.8, 4) is 0 Å². The van der Waals surface area contributed by atoms with Gasteiger partial charge in [0.25, 0.3) is 0 Å². The van der Waals surface area contributed by atoms with E-state index >= 15 is 0 Å². The summed E-state index contributed by atoms with van der Waals surface area (Å²) < 4.78 is 0. The van der Waals surface area contributed by atoms with Gasteiger partial charge in [-0.1, -0.05) is 27.7 Å². The summed E-state index contributed by atoms with van der Waals surface area (Å²) in [5.74, 6) is -2.90. The Hall–Kier alpha value is -1.72. The highest BCUT2D eigenvalue weighted by Crippen LogP contribution is 2.70. The Morgan fingerprint density at radius 3 is 1.32 bits per heavy atom. The largest absolute Gasteiger partial charge is 0.481 e. The Morgan fingerprint density at radius 2 is 1.09 bits per heavy atom. The van der Waals surface area contributed by atoms with E-state index in [0.29, 0.717) is 6.42 Å². The molecule has 0 aliphatic heterocycles. The van der Waals surface area contributed by atoms with E-state index in [4.69, 9.17) is 10.2 Å². The van der Waals surface area contributed by atoms with Gasteiger partial charge >= 0.3 is 11.9 Å². The van der Waals surface area contributed by atoms with Gasteiger partial charge in [0.1, 0.15) is 24.4 Å². The predicted octanol–water partition coefficient (Wildman–Crippen LogP) is 2.30. The van der Waals surface area contributed by atoms with Crippen LogP contribution in [0.4, 0.5) is 0 Å². The topological polar surface area (TPSA) is 109 Å². The van der Waals surface area contributed by atoms with Crippen LogP contribution in [0.3, 0.4) is 0 Å². The van der Waals surface area contributed by atoms with Crippen molar-refractivity contribution in [3.05, 3.63) is 0 Å². The first-order valence-corrected chi connectivity index (χ1v) is 7.30. The quantitative estimate of drug-likeness (QED) is 0.666. The fourth-order valence-corrected chi connectivity index (χ4v) is 3.82. The van der Waals surface area contributed by atoms with E-state index in [1.54, 1.807) is 0 Å². The lowest BCUT2D eigenvalue weighted by molar-refractivity contribution is -0.190. The van der Waals surface area contributed by atoms with Gasteiger partial charge in [-0.05, 0) is 22.7 Å². The summed E-state index contributed by atoms with van der Waals surface area (Å²) in [6.45, 7) is 7.77. The molecule has 6 heteroatoms. The first-order chi connectivity index (χ1) is 9.83. The summed E-state index contributed by atoms with van der Waals surface area (Å²) in [6, 6.07) is 0. The van der Waals surface area contributed by atoms with Crippen molar-refractivity contribution in [2.24, 2.45) is 16.2 Å². The molecule has 1 rings (SSSR count). The molecular formula is C16H24O6. The second-order valence-corrected chi connectivity index (χ2v) is 7.50. The molecule has 1 aliphatic carbocycles. The van der Waals surface area contributed by atoms with Gasteiger partial charge in [0.05, 0.1) is 0 Å². The molecule has 0 spiro atoms. The van der Waals surface area contributed by atoms with Crippen molar-refractivity contribution in [2.45, 2.75) is 59.8 Å². The zero-order valence-corrected chi connectivity index (χ0v) is 13.6. The van der Waals surface area contributed by atoms with Gasteiger partial charge in [-0.3, -0.25) is 19.2 Å². The minimum atomic E-state index is -1.13. The number of rotatable bonds is 8. The van der Waals surface area contributed by atoms with Crippen LogP contribution < -0.4 is 0 Å². The number of ketones is 2. The number of hydrogen-bond acceptors (Lipinski definition) is 4. The number of Topliss-reactive ketones (excluding diaryl/α,β-unsaturated/α-hetero) is 2. The average molecular weight is 312 g/mol. The van der Waals surface area contributed by atoms with Crippen LogP contribution in [0.5, 0.6) is 0 Å². The number of carboxylic acid groups (broad SMARTS) is 2. The van der Waals surface area contributed by atoms with E-state index in [1.165, 1.54) is 0 Å². The first-order valence-electron chi connectivity index (χ1n) is 7.30. The zero-order chi connectivity index (χ0) is 17.3. The third-order valence-corrected chi connectivity index (χ3v) is 5.67. The third-order valence-electron chi connectivity index (χ3n) is 5.67. The smallest absolute Gasteiger partial charge is 0.310 e. The standard InChI is InChI=1S/C16H24O6/c1-14(2)15(3,7-10(17)5-12(19)20)9-16(14,4)8-11(18)6-13(21)22/h5-9H2,1-4H3,(H,19,20)(H,21,22). The molecule has 0 amide bonds. The average Bonchev–Trinajstić information content (AvgIpc) is 2.24. The zero-order valence-electron chi connectivity index (χ0n) is 13.6. The Morgan fingerprint density at radius 1 is 0.773 bits per heavy atom. The monoisotopic (exact) mass is 312 g/mol. The van der Waals surface area contributed by atoms with Crippen LogP contribution in [0.25, 0.3) is 0 Å². The lowest BCUT2D eigenvalue weighted by atomic mass is 9.36. The van der Waals surface area contributed by atoms with Crippen molar-refractivity contribution in [1.82, 2.24) is 0 Å². The van der Waals surface area contributed by atoms with Crippen molar-refractivity contribution < 1.29 is 29.4 Å². The fraction of sp³-hybridized carbons (Fsp3) is 0.750. The maximum Gasteiger partial charge on any atom is 0.310 e. The van der Waals surface area contributed by atoms with Crippen LogP contribution in [0, 0.1) is 16.2 Å². The maximum absolute atomic E-state index is 11.8. The molecule has 0 aromatic heterocycles. The molecule has 0 heterocycles. The normalized spacial score (nSPS) is 29.5. The van der Waals surface area contributed by atoms with Crippen LogP contribution in [0.1, 0.15) is 59.8 Å². The van der Waals surface area contributed by atoms with E-state index in [2.05, 4.69) is 0 Å². The molecule has 22 heavy (non-hydrogen) atoms. The van der Waals surface area contributed by atoms with E-state index in [0.717, 1.165) is 0 Å². The Bertz CT molecular complexity index is 477. The van der Waals surface area contributed by atoms with E-state index in [-0.39, 0.29) is 40.7 Å². The Kier molecular flexibility index (Phi) is 4.85. The molecule has 124 valence electrons. The van der Waals surface area contributed by atoms with Gasteiger partial charge in [0, 0.05) is 12.8 Å². The molecule has 6 nitrogen and oxygen atoms in total. The molecule has 1 aliphatic rings. The highest BCUT2D eigenvalue weighted by atomic mass is 16.4. The minimum absolute atomic E-state index is 0.162. The molecule has 0 aromatic rings. The number of carboxylic acids is 2. The second kappa shape index (κ2) is 5.82. The van der Waals surface area contributed by atoms with E-state index in [9.17, 15) is 19.2 Å². The highest BCUT2D eigenvalue weighted by molar-refractivity contribution is 5.96. The lowest BCUT2D eigenvalue weighted by Crippen LogP contribution is -2.61. The minimum Gasteiger partial charge on any atom is -0.481 e. The molecule has 2 unspecified atom stereocenters. The molecule has 0 bridgehead atoms. The molecule has 2 atom stereocenters. The van der Waals surface area contributed by atoms with Gasteiger partial charge in [0.15, 0.2) is 0 Å². The predicted molar refractivity (Wildman–Crippen MR) is 78.4 cm³/mol. The van der Waals surface area contributed by atoms with Gasteiger partial charge in [-0.2, -0.15) is 0 Å². The second-order valence-electron chi connectivity index (χ2n) is 7.50. The number of carbonyl (C=O) groups is 4. The van der Waals surface area contributed by atoms with Gasteiger partial charge < -0.3 is 10.2 Å². The summed E-state index contributed by atoms with van der Waals surface area (Å²) in [6.07, 6.45) is -0.0472. The van der Waals surface area contributed by atoms with Crippen LogP contribution >= 0.6 is 0 Å². The molecule has 0 radical (unpaired) electrons. The molecule has 0 saturated heterocycles. The summed E-state index contributed by atoms with van der Waals surface area (Å²) >= 11 is 0. The fourth-order valence-electron chi connectivity index (χ4n) is 3.82. The molecule has 2 N–H and O–H groups in total. The van der Waals surface area contributed by atoms with Gasteiger partial charge in [0.2, 0.25) is 0 Å². The summed E-state index contributed by atoms with van der Waals surface area (Å²) in [5, 5.41) is 17.4. The van der Waals surface area contributed by atoms with Crippen molar-refractivity contribution >= 4 is 23.5 Å². The van der Waals surface area contributed by atoms with E-state index < -0.39 is 24.8 Å². The maximum atomic E-state index is 11.8. The highest BCUT2D eigenvalue weighted by Gasteiger charge is 2.64. The summed E-state index contributed by atoms with van der Waals surface area (Å²) in [5.41, 5.74) is -1.11. The Labute approximate surface area is 129 Å². The van der Waals surface area contributed by atoms with Crippen molar-refractivity contribution in [1.29, 1.82) is 0 Å². The lowest BCUT2D eigenvalue weighted by Gasteiger charge is -2.67. The van der Waals surface area contributed by atoms with Gasteiger partial charge in [-0.15, -0.1) is 0 Å². The van der Waals surface area contributed by atoms with Crippen LogP contribution in [0.2, 0.25) is 0 Å². The first kappa shape index (κ1) is 18.3. The molecule has 0 aromatic carbocycles. The van der Waals surface area contributed by atoms with Crippen LogP contribution in [-0.4, -0.2) is 33.7 Å². The summed E-state index contributed by atoms with van der Waals surface area (Å²) in [7, 11) is 0. The van der Waals surface area contributed by atoms with Gasteiger partial charge in [-0.25, -0.2) is 0 Å². The summed E-state index contributed by atoms with van der Waals surface area (Å²) in [4.78, 5) is 44.8. The molecule has 1 saturated carbocycles. The number of hydrogen-bond donors (Lipinski definition) is 2. The Balaban J connectivity index is 2.77. The third kappa shape index (κ3) is 3.36. The molecule has 1 fully saturated rings.